The third kappa shape index (κ3) is 4.55. The Labute approximate surface area is 111 Å². The van der Waals surface area contributed by atoms with Crippen molar-refractivity contribution in [3.63, 3.8) is 0 Å². The molecule has 0 radical (unpaired) electrons. The van der Waals surface area contributed by atoms with Gasteiger partial charge in [0.2, 0.25) is 5.91 Å². The minimum atomic E-state index is -0.103. The van der Waals surface area contributed by atoms with Gasteiger partial charge in [0.1, 0.15) is 16.6 Å². The summed E-state index contributed by atoms with van der Waals surface area (Å²) in [5.41, 5.74) is 6.42. The maximum Gasteiger partial charge on any atom is 0.238 e. The van der Waals surface area contributed by atoms with E-state index < -0.39 is 0 Å². The Morgan fingerprint density at radius 1 is 1.67 bits per heavy atom. The summed E-state index contributed by atoms with van der Waals surface area (Å²) in [4.78, 5) is 15.6. The van der Waals surface area contributed by atoms with Crippen molar-refractivity contribution in [3.8, 4) is 6.07 Å². The van der Waals surface area contributed by atoms with E-state index in [1.165, 1.54) is 17.5 Å². The number of carbonyl (C=O) groups excluding carboxylic acids is 1. The molecule has 0 aliphatic heterocycles. The lowest BCUT2D eigenvalue weighted by Gasteiger charge is -2.06. The predicted octanol–water partition coefficient (Wildman–Crippen LogP) is 1.98. The van der Waals surface area contributed by atoms with Crippen molar-refractivity contribution in [2.45, 2.75) is 27.2 Å². The smallest absolute Gasteiger partial charge is 0.238 e. The second kappa shape index (κ2) is 6.77. The van der Waals surface area contributed by atoms with Crippen molar-refractivity contribution in [1.82, 2.24) is 15.8 Å². The van der Waals surface area contributed by atoms with Gasteiger partial charge in [-0.2, -0.15) is 5.26 Å². The molecule has 1 aromatic rings. The lowest BCUT2D eigenvalue weighted by Crippen LogP contribution is -2.34. The summed E-state index contributed by atoms with van der Waals surface area (Å²) in [6.45, 7) is 5.80. The summed E-state index contributed by atoms with van der Waals surface area (Å²) in [6.07, 6.45) is 1.90. The van der Waals surface area contributed by atoms with Gasteiger partial charge in [0.15, 0.2) is 0 Å². The van der Waals surface area contributed by atoms with Gasteiger partial charge in [0.25, 0.3) is 0 Å². The van der Waals surface area contributed by atoms with Crippen LogP contribution in [0, 0.1) is 24.2 Å². The summed E-state index contributed by atoms with van der Waals surface area (Å²) in [5.74, 6) is 0.196. The third-order valence-electron chi connectivity index (χ3n) is 1.99. The lowest BCUT2D eigenvalue weighted by molar-refractivity contribution is -0.122. The number of thiazole rings is 1. The SMILES string of the molecule is Cc1csc(/C(C#N)=C/NNC(=O)CC(C)C)n1. The van der Waals surface area contributed by atoms with Crippen LogP contribution in [0.3, 0.4) is 0 Å². The van der Waals surface area contributed by atoms with Crippen LogP contribution < -0.4 is 10.9 Å². The molecule has 0 bridgehead atoms. The first-order chi connectivity index (χ1) is 8.52. The maximum atomic E-state index is 11.4. The van der Waals surface area contributed by atoms with Crippen LogP contribution in [0.25, 0.3) is 5.57 Å². The Kier molecular flexibility index (Phi) is 5.33. The molecule has 0 aliphatic carbocycles. The zero-order chi connectivity index (χ0) is 13.5. The number of allylic oxidation sites excluding steroid dienone is 1. The molecule has 0 saturated carbocycles. The molecule has 0 aromatic carbocycles. The number of hydrazine groups is 1. The van der Waals surface area contributed by atoms with Gasteiger partial charge in [-0.3, -0.25) is 10.2 Å². The van der Waals surface area contributed by atoms with Gasteiger partial charge in [-0.25, -0.2) is 4.98 Å². The Balaban J connectivity index is 2.55. The van der Waals surface area contributed by atoms with Crippen molar-refractivity contribution in [1.29, 1.82) is 5.26 Å². The molecule has 1 rings (SSSR count). The molecule has 96 valence electrons. The van der Waals surface area contributed by atoms with E-state index in [1.807, 2.05) is 32.2 Å². The van der Waals surface area contributed by atoms with Gasteiger partial charge in [0, 0.05) is 23.7 Å². The Bertz CT molecular complexity index is 485. The molecule has 0 atom stereocenters. The summed E-state index contributed by atoms with van der Waals surface area (Å²) in [7, 11) is 0. The first-order valence-corrected chi connectivity index (χ1v) is 6.48. The monoisotopic (exact) mass is 264 g/mol. The number of hydrogen-bond donors (Lipinski definition) is 2. The maximum absolute atomic E-state index is 11.4. The highest BCUT2D eigenvalue weighted by atomic mass is 32.1. The van der Waals surface area contributed by atoms with Crippen molar-refractivity contribution in [2.24, 2.45) is 5.92 Å². The van der Waals surface area contributed by atoms with Crippen LogP contribution in [0.4, 0.5) is 0 Å². The van der Waals surface area contributed by atoms with E-state index in [1.54, 1.807) is 0 Å². The Hall–Kier alpha value is -1.87. The average Bonchev–Trinajstić information content (AvgIpc) is 2.70. The first kappa shape index (κ1) is 14.2. The normalized spacial score (nSPS) is 11.2. The molecule has 1 heterocycles. The van der Waals surface area contributed by atoms with Crippen molar-refractivity contribution >= 4 is 22.8 Å². The Morgan fingerprint density at radius 3 is 2.89 bits per heavy atom. The van der Waals surface area contributed by atoms with Gasteiger partial charge < -0.3 is 5.43 Å². The van der Waals surface area contributed by atoms with Crippen molar-refractivity contribution in [3.05, 3.63) is 22.3 Å². The number of carbonyl (C=O) groups is 1. The molecular weight excluding hydrogens is 248 g/mol. The second-order valence-electron chi connectivity index (χ2n) is 4.25. The van der Waals surface area contributed by atoms with Gasteiger partial charge in [0.05, 0.1) is 0 Å². The summed E-state index contributed by atoms with van der Waals surface area (Å²) < 4.78 is 0. The van der Waals surface area contributed by atoms with Crippen LogP contribution in [0.5, 0.6) is 0 Å². The van der Waals surface area contributed by atoms with Gasteiger partial charge in [-0.15, -0.1) is 11.3 Å². The molecule has 0 fully saturated rings. The largest absolute Gasteiger partial charge is 0.304 e. The number of aromatic nitrogens is 1. The van der Waals surface area contributed by atoms with Gasteiger partial charge in [-0.1, -0.05) is 13.8 Å². The van der Waals surface area contributed by atoms with Crippen LogP contribution in [0.1, 0.15) is 31.0 Å². The fourth-order valence-corrected chi connectivity index (χ4v) is 1.99. The molecular formula is C12H16N4OS. The number of aryl methyl sites for hydroxylation is 1. The van der Waals surface area contributed by atoms with Crippen LogP contribution in [-0.2, 0) is 4.79 Å². The minimum Gasteiger partial charge on any atom is -0.304 e. The summed E-state index contributed by atoms with van der Waals surface area (Å²) >= 11 is 1.40. The summed E-state index contributed by atoms with van der Waals surface area (Å²) in [6, 6.07) is 2.04. The van der Waals surface area contributed by atoms with Crippen molar-refractivity contribution in [2.75, 3.05) is 0 Å². The number of rotatable bonds is 5. The standard InChI is InChI=1S/C12H16N4OS/c1-8(2)4-11(17)16-14-6-10(5-13)12-15-9(3)7-18-12/h6-8,14H,4H2,1-3H3,(H,16,17)/b10-6+. The quantitative estimate of drug-likeness (QED) is 0.629. The number of hydrogen-bond acceptors (Lipinski definition) is 5. The fourth-order valence-electron chi connectivity index (χ4n) is 1.23. The molecule has 0 aliphatic rings. The molecule has 0 saturated heterocycles. The van der Waals surface area contributed by atoms with Crippen LogP contribution in [-0.4, -0.2) is 10.9 Å². The molecule has 2 N–H and O–H groups in total. The van der Waals surface area contributed by atoms with E-state index in [0.29, 0.717) is 22.9 Å². The fraction of sp³-hybridized carbons (Fsp3) is 0.417. The van der Waals surface area contributed by atoms with Gasteiger partial charge in [-0.05, 0) is 12.8 Å². The highest BCUT2D eigenvalue weighted by Crippen LogP contribution is 2.17. The predicted molar refractivity (Wildman–Crippen MR) is 71.2 cm³/mol. The van der Waals surface area contributed by atoms with E-state index >= 15 is 0 Å². The Morgan fingerprint density at radius 2 is 2.39 bits per heavy atom. The van der Waals surface area contributed by atoms with Gasteiger partial charge >= 0.3 is 0 Å². The summed E-state index contributed by atoms with van der Waals surface area (Å²) in [5, 5.41) is 11.5. The van der Waals surface area contributed by atoms with E-state index in [4.69, 9.17) is 5.26 Å². The molecule has 6 heteroatoms. The lowest BCUT2D eigenvalue weighted by atomic mass is 10.1. The minimum absolute atomic E-state index is 0.103. The van der Waals surface area contributed by atoms with Crippen LogP contribution in [0.2, 0.25) is 0 Å². The number of nitriles is 1. The first-order valence-electron chi connectivity index (χ1n) is 5.60. The van der Waals surface area contributed by atoms with E-state index in [0.717, 1.165) is 5.69 Å². The highest BCUT2D eigenvalue weighted by molar-refractivity contribution is 7.10. The molecule has 5 nitrogen and oxygen atoms in total. The molecule has 0 spiro atoms. The third-order valence-corrected chi connectivity index (χ3v) is 2.99. The van der Waals surface area contributed by atoms with E-state index in [9.17, 15) is 4.79 Å². The van der Waals surface area contributed by atoms with Crippen molar-refractivity contribution < 1.29 is 4.79 Å². The number of nitrogens with zero attached hydrogens (tertiary/aromatic N) is 2. The molecule has 0 unspecified atom stereocenters. The highest BCUT2D eigenvalue weighted by Gasteiger charge is 2.06. The molecule has 1 amide bonds. The molecule has 18 heavy (non-hydrogen) atoms. The topological polar surface area (TPSA) is 77.8 Å². The number of amides is 1. The van der Waals surface area contributed by atoms with E-state index in [-0.39, 0.29) is 5.91 Å². The van der Waals surface area contributed by atoms with E-state index in [2.05, 4.69) is 15.8 Å². The second-order valence-corrected chi connectivity index (χ2v) is 5.11. The number of nitrogens with one attached hydrogen (secondary N) is 2. The zero-order valence-electron chi connectivity index (χ0n) is 10.7. The average molecular weight is 264 g/mol. The van der Waals surface area contributed by atoms with Crippen LogP contribution in [0.15, 0.2) is 11.6 Å². The zero-order valence-corrected chi connectivity index (χ0v) is 11.5. The van der Waals surface area contributed by atoms with Crippen LogP contribution >= 0.6 is 11.3 Å². The molecule has 1 aromatic heterocycles.